The normalized spacial score (nSPS) is 21.9. The summed E-state index contributed by atoms with van der Waals surface area (Å²) in [5.74, 6) is 2.36. The maximum atomic E-state index is 13.1. The number of nitrogens with zero attached hydrogens (tertiary/aromatic N) is 6. The molecule has 1 atom stereocenters. The first kappa shape index (κ1) is 22.3. The van der Waals surface area contributed by atoms with E-state index in [0.29, 0.717) is 11.9 Å². The summed E-state index contributed by atoms with van der Waals surface area (Å²) >= 11 is 0. The van der Waals surface area contributed by atoms with E-state index in [1.807, 2.05) is 12.1 Å². The van der Waals surface area contributed by atoms with Gasteiger partial charge in [-0.2, -0.15) is 0 Å². The second-order valence-corrected chi connectivity index (χ2v) is 9.79. The fraction of sp³-hybridized carbons (Fsp3) is 0.680. The average Bonchev–Trinajstić information content (AvgIpc) is 3.58. The van der Waals surface area contributed by atoms with Crippen molar-refractivity contribution in [3.63, 3.8) is 0 Å². The van der Waals surface area contributed by atoms with Gasteiger partial charge in [0.25, 0.3) is 0 Å². The molecule has 8 heteroatoms. The molecule has 0 radical (unpaired) electrons. The summed E-state index contributed by atoms with van der Waals surface area (Å²) in [6.07, 6.45) is 10.5. The number of methoxy groups -OCH3 is 1. The molecule has 8 nitrogen and oxygen atoms in total. The van der Waals surface area contributed by atoms with Gasteiger partial charge in [0.15, 0.2) is 5.82 Å². The van der Waals surface area contributed by atoms with E-state index in [9.17, 15) is 4.79 Å². The first-order chi connectivity index (χ1) is 16.2. The van der Waals surface area contributed by atoms with Gasteiger partial charge in [-0.3, -0.25) is 9.69 Å². The van der Waals surface area contributed by atoms with E-state index in [-0.39, 0.29) is 12.0 Å². The summed E-state index contributed by atoms with van der Waals surface area (Å²) in [6, 6.07) is 8.61. The Hall–Kier alpha value is -2.48. The van der Waals surface area contributed by atoms with Gasteiger partial charge in [-0.25, -0.2) is 4.68 Å². The molecule has 1 aliphatic heterocycles. The molecule has 1 amide bonds. The van der Waals surface area contributed by atoms with E-state index in [4.69, 9.17) is 4.74 Å². The summed E-state index contributed by atoms with van der Waals surface area (Å²) in [7, 11) is 1.69. The van der Waals surface area contributed by atoms with Crippen LogP contribution in [0, 0.1) is 5.92 Å². The van der Waals surface area contributed by atoms with E-state index >= 15 is 0 Å². The van der Waals surface area contributed by atoms with Crippen molar-refractivity contribution < 1.29 is 9.53 Å². The fourth-order valence-electron chi connectivity index (χ4n) is 5.91. The van der Waals surface area contributed by atoms with Crippen LogP contribution in [-0.2, 0) is 4.79 Å². The van der Waals surface area contributed by atoms with Gasteiger partial charge in [0.05, 0.1) is 19.2 Å². The van der Waals surface area contributed by atoms with Crippen LogP contribution >= 0.6 is 0 Å². The van der Waals surface area contributed by atoms with Gasteiger partial charge < -0.3 is 9.64 Å². The van der Waals surface area contributed by atoms with Crippen LogP contribution in [0.2, 0.25) is 0 Å². The Morgan fingerprint density at radius 3 is 2.27 bits per heavy atom. The number of tetrazole rings is 1. The van der Waals surface area contributed by atoms with Crippen molar-refractivity contribution >= 4 is 5.91 Å². The van der Waals surface area contributed by atoms with Crippen molar-refractivity contribution in [3.05, 3.63) is 35.7 Å². The number of ether oxygens (including phenoxy) is 1. The van der Waals surface area contributed by atoms with Gasteiger partial charge >= 0.3 is 0 Å². The highest BCUT2D eigenvalue weighted by Crippen LogP contribution is 2.35. The molecule has 0 N–H and O–H groups in total. The molecule has 5 rings (SSSR count). The predicted octanol–water partition coefficient (Wildman–Crippen LogP) is 3.61. The van der Waals surface area contributed by atoms with E-state index in [1.165, 1.54) is 32.1 Å². The minimum atomic E-state index is -0.0292. The summed E-state index contributed by atoms with van der Waals surface area (Å²) < 4.78 is 7.46. The zero-order valence-electron chi connectivity index (χ0n) is 19.7. The van der Waals surface area contributed by atoms with Gasteiger partial charge in [-0.05, 0) is 53.8 Å². The van der Waals surface area contributed by atoms with Crippen LogP contribution in [0.1, 0.15) is 81.3 Å². The third-order valence-electron chi connectivity index (χ3n) is 7.81. The molecule has 0 unspecified atom stereocenters. The number of benzene rings is 1. The molecule has 2 aliphatic carbocycles. The molecule has 3 fully saturated rings. The van der Waals surface area contributed by atoms with Crippen LogP contribution in [0.5, 0.6) is 5.75 Å². The number of piperazine rings is 1. The van der Waals surface area contributed by atoms with E-state index in [2.05, 4.69) is 42.1 Å². The van der Waals surface area contributed by atoms with Gasteiger partial charge in [-0.1, -0.05) is 44.2 Å². The van der Waals surface area contributed by atoms with Crippen LogP contribution in [0.3, 0.4) is 0 Å². The molecule has 178 valence electrons. The lowest BCUT2D eigenvalue weighted by atomic mass is 9.88. The average molecular weight is 453 g/mol. The van der Waals surface area contributed by atoms with Crippen molar-refractivity contribution in [2.75, 3.05) is 33.3 Å². The summed E-state index contributed by atoms with van der Waals surface area (Å²) in [5.41, 5.74) is 1.16. The van der Waals surface area contributed by atoms with E-state index < -0.39 is 0 Å². The molecule has 0 bridgehead atoms. The summed E-state index contributed by atoms with van der Waals surface area (Å²) in [6.45, 7) is 3.19. The quantitative estimate of drug-likeness (QED) is 0.666. The number of aromatic nitrogens is 4. The number of amides is 1. The lowest BCUT2D eigenvalue weighted by Crippen LogP contribution is -2.51. The minimum Gasteiger partial charge on any atom is -0.497 e. The fourth-order valence-corrected chi connectivity index (χ4v) is 5.91. The van der Waals surface area contributed by atoms with Crippen LogP contribution in [0.25, 0.3) is 0 Å². The molecular formula is C25H36N6O2. The Kier molecular flexibility index (Phi) is 6.90. The number of hydrogen-bond donors (Lipinski definition) is 0. The Labute approximate surface area is 196 Å². The third kappa shape index (κ3) is 4.76. The van der Waals surface area contributed by atoms with Crippen molar-refractivity contribution in [1.29, 1.82) is 0 Å². The van der Waals surface area contributed by atoms with Crippen molar-refractivity contribution in [2.24, 2.45) is 5.92 Å². The SMILES string of the molecule is COc1ccc([C@H](c2nnnn2C2CCCC2)N2CCN(C(=O)C3CCCCC3)CC2)cc1. The van der Waals surface area contributed by atoms with Crippen molar-refractivity contribution in [1.82, 2.24) is 30.0 Å². The van der Waals surface area contributed by atoms with Gasteiger partial charge in [0, 0.05) is 32.1 Å². The predicted molar refractivity (Wildman–Crippen MR) is 125 cm³/mol. The van der Waals surface area contributed by atoms with Gasteiger partial charge in [0.2, 0.25) is 5.91 Å². The maximum Gasteiger partial charge on any atom is 0.225 e. The standard InChI is InChI=1S/C25H36N6O2/c1-33-22-13-11-19(12-14-22)23(24-26-27-28-31(24)21-9-5-6-10-21)29-15-17-30(18-16-29)25(32)20-7-3-2-4-8-20/h11-14,20-21,23H,2-10,15-18H2,1H3/t23-/m1/s1. The van der Waals surface area contributed by atoms with Crippen LogP contribution < -0.4 is 4.74 Å². The second-order valence-electron chi connectivity index (χ2n) is 9.79. The minimum absolute atomic E-state index is 0.0292. The molecule has 1 aromatic heterocycles. The molecule has 2 saturated carbocycles. The largest absolute Gasteiger partial charge is 0.497 e. The monoisotopic (exact) mass is 452 g/mol. The number of hydrogen-bond acceptors (Lipinski definition) is 6. The Balaban J connectivity index is 1.36. The summed E-state index contributed by atoms with van der Waals surface area (Å²) in [4.78, 5) is 17.6. The highest BCUT2D eigenvalue weighted by molar-refractivity contribution is 5.79. The number of carbonyl (C=O) groups excluding carboxylic acids is 1. The molecule has 3 aliphatic rings. The smallest absolute Gasteiger partial charge is 0.225 e. The molecule has 2 heterocycles. The molecule has 33 heavy (non-hydrogen) atoms. The molecule has 2 aromatic rings. The first-order valence-electron chi connectivity index (χ1n) is 12.7. The van der Waals surface area contributed by atoms with Gasteiger partial charge in [0.1, 0.15) is 5.75 Å². The second kappa shape index (κ2) is 10.2. The lowest BCUT2D eigenvalue weighted by Gasteiger charge is -2.40. The van der Waals surface area contributed by atoms with Crippen molar-refractivity contribution in [3.8, 4) is 5.75 Å². The van der Waals surface area contributed by atoms with E-state index in [1.54, 1.807) is 7.11 Å². The third-order valence-corrected chi connectivity index (χ3v) is 7.81. The van der Waals surface area contributed by atoms with Crippen LogP contribution in [-0.4, -0.2) is 69.2 Å². The molecule has 0 spiro atoms. The highest BCUT2D eigenvalue weighted by atomic mass is 16.5. The topological polar surface area (TPSA) is 76.4 Å². The zero-order chi connectivity index (χ0) is 22.6. The number of rotatable bonds is 6. The first-order valence-corrected chi connectivity index (χ1v) is 12.7. The Morgan fingerprint density at radius 2 is 1.61 bits per heavy atom. The Morgan fingerprint density at radius 1 is 0.939 bits per heavy atom. The van der Waals surface area contributed by atoms with Crippen LogP contribution in [0.4, 0.5) is 0 Å². The van der Waals surface area contributed by atoms with Crippen LogP contribution in [0.15, 0.2) is 24.3 Å². The summed E-state index contributed by atoms with van der Waals surface area (Å²) in [5, 5.41) is 13.0. The van der Waals surface area contributed by atoms with Gasteiger partial charge in [-0.15, -0.1) is 5.10 Å². The molecular weight excluding hydrogens is 416 g/mol. The highest BCUT2D eigenvalue weighted by Gasteiger charge is 2.35. The molecule has 1 aromatic carbocycles. The maximum absolute atomic E-state index is 13.1. The lowest BCUT2D eigenvalue weighted by molar-refractivity contribution is -0.138. The zero-order valence-corrected chi connectivity index (χ0v) is 19.7. The Bertz CT molecular complexity index is 909. The van der Waals surface area contributed by atoms with E-state index in [0.717, 1.165) is 69.0 Å². The number of carbonyl (C=O) groups is 1. The molecule has 1 saturated heterocycles. The van der Waals surface area contributed by atoms with Crippen molar-refractivity contribution in [2.45, 2.75) is 69.9 Å².